The van der Waals surface area contributed by atoms with Crippen LogP contribution in [0, 0.1) is 17.1 Å². The van der Waals surface area contributed by atoms with Gasteiger partial charge in [-0.05, 0) is 30.3 Å². The highest BCUT2D eigenvalue weighted by Crippen LogP contribution is 2.22. The zero-order chi connectivity index (χ0) is 14.8. The summed E-state index contributed by atoms with van der Waals surface area (Å²) in [6.07, 6.45) is 0. The van der Waals surface area contributed by atoms with Gasteiger partial charge in [-0.15, -0.1) is 0 Å². The van der Waals surface area contributed by atoms with Crippen LogP contribution in [0.1, 0.15) is 5.56 Å². The Bertz CT molecular complexity index is 798. The Balaban J connectivity index is 2.35. The van der Waals surface area contributed by atoms with E-state index in [9.17, 15) is 12.8 Å². The van der Waals surface area contributed by atoms with Crippen molar-refractivity contribution in [3.05, 3.63) is 53.8 Å². The summed E-state index contributed by atoms with van der Waals surface area (Å²) < 4.78 is 39.4. The smallest absolute Gasteiger partial charge is 0.261 e. The second-order valence-corrected chi connectivity index (χ2v) is 5.59. The molecule has 0 atom stereocenters. The first-order chi connectivity index (χ1) is 9.42. The highest BCUT2D eigenvalue weighted by molar-refractivity contribution is 7.92. The van der Waals surface area contributed by atoms with E-state index in [0.717, 1.165) is 12.1 Å². The molecular weight excluding hydrogens is 283 g/mol. The van der Waals surface area contributed by atoms with Crippen molar-refractivity contribution in [3.8, 4) is 11.8 Å². The van der Waals surface area contributed by atoms with E-state index in [0.29, 0.717) is 0 Å². The van der Waals surface area contributed by atoms with Crippen molar-refractivity contribution in [2.75, 3.05) is 4.72 Å². The first-order valence-electron chi connectivity index (χ1n) is 5.44. The number of nitrogens with zero attached hydrogens (tertiary/aromatic N) is 1. The van der Waals surface area contributed by atoms with Gasteiger partial charge in [0, 0.05) is 6.07 Å². The number of sulfonamides is 1. The molecule has 2 aromatic carbocycles. The molecule has 2 aromatic rings. The quantitative estimate of drug-likeness (QED) is 0.849. The zero-order valence-corrected chi connectivity index (χ0v) is 10.9. The van der Waals surface area contributed by atoms with Crippen LogP contribution in [0.4, 0.5) is 10.1 Å². The predicted octanol–water partition coefficient (Wildman–Crippen LogP) is 2.20. The fraction of sp³-hybridized carbons (Fsp3) is 0. The Kier molecular flexibility index (Phi) is 3.59. The molecule has 0 spiro atoms. The van der Waals surface area contributed by atoms with Gasteiger partial charge in [-0.25, -0.2) is 12.8 Å². The molecule has 0 unspecified atom stereocenters. The number of nitriles is 1. The van der Waals surface area contributed by atoms with E-state index in [1.165, 1.54) is 30.3 Å². The number of rotatable bonds is 3. The first kappa shape index (κ1) is 13.8. The summed E-state index contributed by atoms with van der Waals surface area (Å²) in [5, 5.41) is 17.8. The van der Waals surface area contributed by atoms with Crippen molar-refractivity contribution >= 4 is 15.7 Å². The van der Waals surface area contributed by atoms with Crippen LogP contribution in [0.3, 0.4) is 0 Å². The molecule has 0 aromatic heterocycles. The van der Waals surface area contributed by atoms with Crippen molar-refractivity contribution in [3.63, 3.8) is 0 Å². The van der Waals surface area contributed by atoms with E-state index in [1.54, 1.807) is 0 Å². The van der Waals surface area contributed by atoms with Crippen molar-refractivity contribution in [2.45, 2.75) is 4.90 Å². The van der Waals surface area contributed by atoms with E-state index in [2.05, 4.69) is 4.72 Å². The third-order valence-electron chi connectivity index (χ3n) is 2.47. The van der Waals surface area contributed by atoms with Gasteiger partial charge in [0.2, 0.25) is 0 Å². The van der Waals surface area contributed by atoms with Crippen molar-refractivity contribution in [1.29, 1.82) is 5.26 Å². The number of nitrogens with one attached hydrogen (secondary N) is 1. The van der Waals surface area contributed by atoms with Crippen LogP contribution in [0.2, 0.25) is 0 Å². The zero-order valence-electron chi connectivity index (χ0n) is 10.0. The van der Waals surface area contributed by atoms with Gasteiger partial charge in [-0.1, -0.05) is 6.07 Å². The van der Waals surface area contributed by atoms with Gasteiger partial charge in [0.05, 0.1) is 22.2 Å². The number of aromatic hydroxyl groups is 1. The third-order valence-corrected chi connectivity index (χ3v) is 3.85. The Labute approximate surface area is 115 Å². The normalized spacial score (nSPS) is 10.8. The van der Waals surface area contributed by atoms with Gasteiger partial charge in [-0.3, -0.25) is 4.72 Å². The van der Waals surface area contributed by atoms with Gasteiger partial charge in [0.15, 0.2) is 11.6 Å². The minimum Gasteiger partial charge on any atom is -0.505 e. The van der Waals surface area contributed by atoms with Gasteiger partial charge in [0.25, 0.3) is 10.0 Å². The maximum atomic E-state index is 13.1. The van der Waals surface area contributed by atoms with Crippen LogP contribution in [0.5, 0.6) is 5.75 Å². The fourth-order valence-electron chi connectivity index (χ4n) is 1.52. The molecule has 2 rings (SSSR count). The van der Waals surface area contributed by atoms with Crippen LogP contribution in [-0.2, 0) is 10.0 Å². The van der Waals surface area contributed by atoms with Crippen LogP contribution in [-0.4, -0.2) is 13.5 Å². The molecule has 2 N–H and O–H groups in total. The molecule has 0 saturated heterocycles. The minimum atomic E-state index is -3.92. The summed E-state index contributed by atoms with van der Waals surface area (Å²) in [5.41, 5.74) is 0.174. The molecular formula is C13H9FN2O3S. The Morgan fingerprint density at radius 2 is 1.95 bits per heavy atom. The second kappa shape index (κ2) is 5.19. The second-order valence-electron chi connectivity index (χ2n) is 3.91. The van der Waals surface area contributed by atoms with E-state index in [1.807, 2.05) is 6.07 Å². The molecule has 0 aliphatic heterocycles. The average molecular weight is 292 g/mol. The van der Waals surface area contributed by atoms with Gasteiger partial charge in [-0.2, -0.15) is 5.26 Å². The number of phenols is 1. The molecule has 20 heavy (non-hydrogen) atoms. The molecule has 0 amide bonds. The lowest BCUT2D eigenvalue weighted by Crippen LogP contribution is -2.13. The summed E-state index contributed by atoms with van der Waals surface area (Å²) >= 11 is 0. The summed E-state index contributed by atoms with van der Waals surface area (Å²) in [4.78, 5) is -0.106. The minimum absolute atomic E-state index is 0.0253. The fourth-order valence-corrected chi connectivity index (χ4v) is 2.61. The lowest BCUT2D eigenvalue weighted by atomic mass is 10.2. The SMILES string of the molecule is N#Cc1cccc(S(=O)(=O)Nc2ccc(O)c(F)c2)c1. The third kappa shape index (κ3) is 2.87. The number of halogens is 1. The van der Waals surface area contributed by atoms with Crippen LogP contribution < -0.4 is 4.72 Å². The number of anilines is 1. The lowest BCUT2D eigenvalue weighted by molar-refractivity contribution is 0.432. The topological polar surface area (TPSA) is 90.2 Å². The maximum Gasteiger partial charge on any atom is 0.261 e. The summed E-state index contributed by atoms with van der Waals surface area (Å²) in [5.74, 6) is -1.50. The Morgan fingerprint density at radius 1 is 1.20 bits per heavy atom. The molecule has 102 valence electrons. The molecule has 0 aliphatic rings. The van der Waals surface area contributed by atoms with E-state index >= 15 is 0 Å². The molecule has 0 bridgehead atoms. The summed E-state index contributed by atoms with van der Waals surface area (Å²) in [7, 11) is -3.92. The highest BCUT2D eigenvalue weighted by atomic mass is 32.2. The Hall–Kier alpha value is -2.59. The molecule has 0 fully saturated rings. The monoisotopic (exact) mass is 292 g/mol. The molecule has 0 radical (unpaired) electrons. The van der Waals surface area contributed by atoms with E-state index < -0.39 is 21.6 Å². The molecule has 0 saturated carbocycles. The molecule has 5 nitrogen and oxygen atoms in total. The van der Waals surface area contributed by atoms with Crippen molar-refractivity contribution in [1.82, 2.24) is 0 Å². The van der Waals surface area contributed by atoms with E-state index in [4.69, 9.17) is 10.4 Å². The first-order valence-corrected chi connectivity index (χ1v) is 6.92. The molecule has 0 aliphatic carbocycles. The average Bonchev–Trinajstić information content (AvgIpc) is 2.43. The van der Waals surface area contributed by atoms with Gasteiger partial charge < -0.3 is 5.11 Å². The molecule has 7 heteroatoms. The number of hydrogen-bond donors (Lipinski definition) is 2. The lowest BCUT2D eigenvalue weighted by Gasteiger charge is -2.08. The highest BCUT2D eigenvalue weighted by Gasteiger charge is 2.15. The number of phenolic OH excluding ortho intramolecular Hbond substituents is 1. The van der Waals surface area contributed by atoms with Crippen molar-refractivity contribution < 1.29 is 17.9 Å². The number of benzene rings is 2. The predicted molar refractivity (Wildman–Crippen MR) is 70.0 cm³/mol. The number of hydrogen-bond acceptors (Lipinski definition) is 4. The summed E-state index contributed by atoms with van der Waals surface area (Å²) in [6.45, 7) is 0. The largest absolute Gasteiger partial charge is 0.505 e. The van der Waals surface area contributed by atoms with Crippen molar-refractivity contribution in [2.24, 2.45) is 0 Å². The van der Waals surface area contributed by atoms with Crippen LogP contribution in [0.25, 0.3) is 0 Å². The summed E-state index contributed by atoms with van der Waals surface area (Å²) in [6, 6.07) is 10.4. The molecule has 0 heterocycles. The van der Waals surface area contributed by atoms with Crippen LogP contribution >= 0.6 is 0 Å². The Morgan fingerprint density at radius 3 is 2.60 bits per heavy atom. The van der Waals surface area contributed by atoms with Crippen LogP contribution in [0.15, 0.2) is 47.4 Å². The van der Waals surface area contributed by atoms with Gasteiger partial charge >= 0.3 is 0 Å². The maximum absolute atomic E-state index is 13.1. The van der Waals surface area contributed by atoms with Gasteiger partial charge in [0.1, 0.15) is 0 Å². The van der Waals surface area contributed by atoms with E-state index in [-0.39, 0.29) is 16.1 Å². The standard InChI is InChI=1S/C13H9FN2O3S/c14-12-7-10(4-5-13(12)17)16-20(18,19)11-3-1-2-9(6-11)8-15/h1-7,16-17H.